The van der Waals surface area contributed by atoms with Crippen LogP contribution in [-0.4, -0.2) is 31.0 Å². The summed E-state index contributed by atoms with van der Waals surface area (Å²) < 4.78 is 3.32. The second-order valence-electron chi connectivity index (χ2n) is 8.48. The Hall–Kier alpha value is -2.91. The van der Waals surface area contributed by atoms with E-state index in [1.807, 2.05) is 44.3 Å². The highest BCUT2D eigenvalue weighted by atomic mass is 32.2. The van der Waals surface area contributed by atoms with E-state index < -0.39 is 0 Å². The van der Waals surface area contributed by atoms with Crippen LogP contribution in [0.3, 0.4) is 0 Å². The Kier molecular flexibility index (Phi) is 5.84. The highest BCUT2D eigenvalue weighted by molar-refractivity contribution is 8.00. The van der Waals surface area contributed by atoms with Gasteiger partial charge < -0.3 is 5.32 Å². The topological polar surface area (TPSA) is 81.8 Å². The molecule has 7 nitrogen and oxygen atoms in total. The van der Waals surface area contributed by atoms with Crippen LogP contribution >= 0.6 is 23.1 Å². The molecule has 0 radical (unpaired) electrons. The van der Waals surface area contributed by atoms with Gasteiger partial charge in [0.15, 0.2) is 0 Å². The molecular formula is C24H25N5O2S2. The van der Waals surface area contributed by atoms with E-state index in [4.69, 9.17) is 0 Å². The average Bonchev–Trinajstić information content (AvgIpc) is 3.28. The Morgan fingerprint density at radius 1 is 1.27 bits per heavy atom. The number of para-hydroxylation sites is 1. The number of aromatic nitrogens is 4. The highest BCUT2D eigenvalue weighted by Gasteiger charge is 2.24. The van der Waals surface area contributed by atoms with Crippen LogP contribution in [0, 0.1) is 12.8 Å². The molecule has 3 aromatic heterocycles. The molecule has 1 aromatic carbocycles. The standard InChI is InChI=1S/C24H25N5O2S2/c1-14-9-10-17-18(11-14)33-23-20(17)22(25-13-26-23)32-12-19(30)27-21-15(2)28(3)29(24(21)31)16-7-5-4-6-8-16/h4-8,13-14H,9-12H2,1-3H3,(H,27,30). The number of anilines is 1. The van der Waals surface area contributed by atoms with Crippen LogP contribution in [0.15, 0.2) is 46.5 Å². The van der Waals surface area contributed by atoms with Crippen LogP contribution in [0.2, 0.25) is 0 Å². The summed E-state index contributed by atoms with van der Waals surface area (Å²) in [5.74, 6) is 0.636. The van der Waals surface area contributed by atoms with E-state index in [0.29, 0.717) is 17.3 Å². The number of carbonyl (C=O) groups excluding carboxylic acids is 1. The number of fused-ring (bicyclic) bond motifs is 3. The van der Waals surface area contributed by atoms with Crippen molar-refractivity contribution in [3.8, 4) is 5.69 Å². The van der Waals surface area contributed by atoms with Crippen LogP contribution in [0.5, 0.6) is 0 Å². The van der Waals surface area contributed by atoms with Gasteiger partial charge in [-0.3, -0.25) is 14.3 Å². The van der Waals surface area contributed by atoms with Crippen LogP contribution in [-0.2, 0) is 24.7 Å². The number of thioether (sulfide) groups is 1. The molecule has 1 unspecified atom stereocenters. The number of nitrogens with one attached hydrogen (secondary N) is 1. The van der Waals surface area contributed by atoms with E-state index in [0.717, 1.165) is 33.8 Å². The molecule has 170 valence electrons. The summed E-state index contributed by atoms with van der Waals surface area (Å²) in [7, 11) is 1.81. The van der Waals surface area contributed by atoms with Gasteiger partial charge in [0.05, 0.1) is 17.1 Å². The van der Waals surface area contributed by atoms with Gasteiger partial charge in [-0.2, -0.15) is 0 Å². The lowest BCUT2D eigenvalue weighted by atomic mass is 9.89. The minimum atomic E-state index is -0.245. The molecule has 1 aliphatic rings. The lowest BCUT2D eigenvalue weighted by Gasteiger charge is -2.18. The molecule has 1 atom stereocenters. The van der Waals surface area contributed by atoms with Crippen molar-refractivity contribution in [1.82, 2.24) is 19.3 Å². The van der Waals surface area contributed by atoms with Gasteiger partial charge in [-0.1, -0.05) is 36.9 Å². The van der Waals surface area contributed by atoms with Gasteiger partial charge in [0.25, 0.3) is 5.56 Å². The number of carbonyl (C=O) groups is 1. The van der Waals surface area contributed by atoms with Crippen molar-refractivity contribution < 1.29 is 4.79 Å². The Labute approximate surface area is 199 Å². The fourth-order valence-electron chi connectivity index (χ4n) is 4.38. The van der Waals surface area contributed by atoms with Crippen LogP contribution in [0.1, 0.15) is 29.5 Å². The fraction of sp³-hybridized carbons (Fsp3) is 0.333. The molecule has 0 fully saturated rings. The van der Waals surface area contributed by atoms with E-state index in [2.05, 4.69) is 22.2 Å². The monoisotopic (exact) mass is 479 g/mol. The number of nitrogens with zero attached hydrogens (tertiary/aromatic N) is 4. The van der Waals surface area contributed by atoms with Gasteiger partial charge in [0.2, 0.25) is 5.91 Å². The summed E-state index contributed by atoms with van der Waals surface area (Å²) in [6.45, 7) is 4.12. The van der Waals surface area contributed by atoms with Gasteiger partial charge in [0, 0.05) is 17.3 Å². The van der Waals surface area contributed by atoms with Crippen molar-refractivity contribution in [2.24, 2.45) is 13.0 Å². The number of hydrogen-bond donors (Lipinski definition) is 1. The van der Waals surface area contributed by atoms with Crippen LogP contribution in [0.25, 0.3) is 15.9 Å². The van der Waals surface area contributed by atoms with Crippen molar-refractivity contribution in [1.29, 1.82) is 0 Å². The largest absolute Gasteiger partial charge is 0.319 e. The van der Waals surface area contributed by atoms with E-state index >= 15 is 0 Å². The minimum Gasteiger partial charge on any atom is -0.319 e. The number of amides is 1. The molecule has 1 aliphatic carbocycles. The first-order chi connectivity index (χ1) is 15.9. The quantitative estimate of drug-likeness (QED) is 0.340. The predicted octanol–water partition coefficient (Wildman–Crippen LogP) is 4.34. The minimum absolute atomic E-state index is 0.173. The second-order valence-corrected chi connectivity index (χ2v) is 10.5. The molecular weight excluding hydrogens is 454 g/mol. The predicted molar refractivity (Wildman–Crippen MR) is 134 cm³/mol. The van der Waals surface area contributed by atoms with Crippen LogP contribution in [0.4, 0.5) is 5.69 Å². The zero-order valence-electron chi connectivity index (χ0n) is 18.8. The molecule has 4 aromatic rings. The maximum atomic E-state index is 13.0. The molecule has 1 N–H and O–H groups in total. The van der Waals surface area contributed by atoms with Gasteiger partial charge in [-0.05, 0) is 49.8 Å². The molecule has 0 aliphatic heterocycles. The fourth-order valence-corrected chi connectivity index (χ4v) is 6.62. The first-order valence-corrected chi connectivity index (χ1v) is 12.8. The third kappa shape index (κ3) is 4.00. The van der Waals surface area contributed by atoms with Crippen LogP contribution < -0.4 is 10.9 Å². The van der Waals surface area contributed by atoms with Crippen molar-refractivity contribution in [3.05, 3.63) is 63.1 Å². The van der Waals surface area contributed by atoms with Gasteiger partial charge >= 0.3 is 0 Å². The molecule has 1 amide bonds. The first kappa shape index (κ1) is 21.9. The second kappa shape index (κ2) is 8.79. The van der Waals surface area contributed by atoms with E-state index in [-0.39, 0.29) is 17.2 Å². The Balaban J connectivity index is 1.36. The highest BCUT2D eigenvalue weighted by Crippen LogP contribution is 2.40. The SMILES string of the molecule is Cc1c(NC(=O)CSc2ncnc3sc4c(c23)CCC(C)C4)c(=O)n(-c2ccccc2)n1C. The van der Waals surface area contributed by atoms with Crippen molar-refractivity contribution >= 4 is 44.9 Å². The number of thiophene rings is 1. The number of benzene rings is 1. The third-order valence-corrected chi connectivity index (χ3v) is 8.37. The maximum absolute atomic E-state index is 13.0. The van der Waals surface area contributed by atoms with E-state index in [1.165, 1.54) is 28.6 Å². The molecule has 5 rings (SSSR count). The van der Waals surface area contributed by atoms with Crippen molar-refractivity contribution in [2.45, 2.75) is 38.1 Å². The molecule has 0 spiro atoms. The maximum Gasteiger partial charge on any atom is 0.295 e. The average molecular weight is 480 g/mol. The molecule has 0 bridgehead atoms. The summed E-state index contributed by atoms with van der Waals surface area (Å²) in [6.07, 6.45) is 4.86. The Morgan fingerprint density at radius 2 is 2.06 bits per heavy atom. The normalized spacial score (nSPS) is 15.5. The molecule has 33 heavy (non-hydrogen) atoms. The van der Waals surface area contributed by atoms with Gasteiger partial charge in [-0.25, -0.2) is 14.6 Å². The van der Waals surface area contributed by atoms with Gasteiger partial charge in [0.1, 0.15) is 21.9 Å². The Morgan fingerprint density at radius 3 is 2.85 bits per heavy atom. The first-order valence-electron chi connectivity index (χ1n) is 11.0. The number of hydrogen-bond acceptors (Lipinski definition) is 6. The summed E-state index contributed by atoms with van der Waals surface area (Å²) in [5, 5.41) is 4.78. The smallest absolute Gasteiger partial charge is 0.295 e. The van der Waals surface area contributed by atoms with Gasteiger partial charge in [-0.15, -0.1) is 11.3 Å². The number of rotatable bonds is 5. The zero-order chi connectivity index (χ0) is 23.1. The lowest BCUT2D eigenvalue weighted by molar-refractivity contribution is -0.113. The summed E-state index contributed by atoms with van der Waals surface area (Å²) in [6, 6.07) is 9.39. The van der Waals surface area contributed by atoms with Crippen molar-refractivity contribution in [2.75, 3.05) is 11.1 Å². The zero-order valence-corrected chi connectivity index (χ0v) is 20.4. The Bertz CT molecular complexity index is 1400. The number of aryl methyl sites for hydroxylation is 1. The van der Waals surface area contributed by atoms with E-state index in [9.17, 15) is 9.59 Å². The lowest BCUT2D eigenvalue weighted by Crippen LogP contribution is -2.23. The molecule has 9 heteroatoms. The summed E-state index contributed by atoms with van der Waals surface area (Å²) in [4.78, 5) is 37.2. The van der Waals surface area contributed by atoms with Crippen molar-refractivity contribution in [3.63, 3.8) is 0 Å². The molecule has 3 heterocycles. The molecule has 0 saturated carbocycles. The van der Waals surface area contributed by atoms with E-state index in [1.54, 1.807) is 27.0 Å². The summed E-state index contributed by atoms with van der Waals surface area (Å²) >= 11 is 3.15. The third-order valence-electron chi connectivity index (χ3n) is 6.22. The summed E-state index contributed by atoms with van der Waals surface area (Å²) in [5.41, 5.74) is 2.86. The molecule has 0 saturated heterocycles.